The van der Waals surface area contributed by atoms with E-state index in [2.05, 4.69) is 0 Å². The summed E-state index contributed by atoms with van der Waals surface area (Å²) in [6.07, 6.45) is 0. The molecule has 0 heterocycles. The van der Waals surface area contributed by atoms with Crippen LogP contribution in [-0.4, -0.2) is 4.55 Å². The Labute approximate surface area is 109 Å². The Kier molecular flexibility index (Phi) is 4.51. The first-order chi connectivity index (χ1) is 6.37. The van der Waals surface area contributed by atoms with Crippen LogP contribution in [0.2, 0.25) is 25.1 Å². The van der Waals surface area contributed by atoms with Gasteiger partial charge in [0.1, 0.15) is 10.0 Å². The average Bonchev–Trinajstić information content (AvgIpc) is 2.11. The Hall–Kier alpha value is 0.940. The van der Waals surface area contributed by atoms with Crippen molar-refractivity contribution in [3.63, 3.8) is 0 Å². The van der Waals surface area contributed by atoms with Crippen LogP contribution in [0.1, 0.15) is 0 Å². The molecule has 0 aliphatic carbocycles. The molecule has 1 aromatic carbocycles. The van der Waals surface area contributed by atoms with E-state index in [1.165, 1.54) is 0 Å². The lowest BCUT2D eigenvalue weighted by atomic mass is 10.3. The van der Waals surface area contributed by atoms with Crippen LogP contribution in [0.15, 0.2) is 4.90 Å². The van der Waals surface area contributed by atoms with E-state index in [1.807, 2.05) is 0 Å². The van der Waals surface area contributed by atoms with E-state index in [1.54, 1.807) is 0 Å². The molecule has 0 saturated carbocycles. The molecule has 2 N–H and O–H groups in total. The maximum absolute atomic E-state index is 11.1. The molecule has 0 amide bonds. The number of rotatable bonds is 1. The summed E-state index contributed by atoms with van der Waals surface area (Å²) in [5.74, 6) is 0. The molecule has 0 fully saturated rings. The predicted molar refractivity (Wildman–Crippen MR) is 62.1 cm³/mol. The number of nitrogens with two attached hydrogens (primary N) is 1. The molecule has 8 heteroatoms. The van der Waals surface area contributed by atoms with Gasteiger partial charge in [-0.2, -0.15) is 0 Å². The van der Waals surface area contributed by atoms with Gasteiger partial charge in [-0.1, -0.05) is 58.0 Å². The third-order valence-corrected chi connectivity index (χ3v) is 4.68. The van der Waals surface area contributed by atoms with Crippen LogP contribution in [0.3, 0.4) is 0 Å². The molecular weight excluding hydrogens is 311 g/mol. The summed E-state index contributed by atoms with van der Waals surface area (Å²) in [4.78, 5) is -0.0206. The van der Waals surface area contributed by atoms with Gasteiger partial charge in [0.25, 0.3) is 0 Å². The molecule has 0 aromatic heterocycles. The van der Waals surface area contributed by atoms with Gasteiger partial charge >= 0.3 is 0 Å². The van der Waals surface area contributed by atoms with Gasteiger partial charge in [0.15, 0.2) is 0 Å². The minimum atomic E-state index is -1.87. The molecule has 0 radical (unpaired) electrons. The molecule has 1 atom stereocenters. The van der Waals surface area contributed by atoms with Gasteiger partial charge < -0.3 is 4.55 Å². The summed E-state index contributed by atoms with van der Waals surface area (Å²) in [6, 6.07) is 0. The fourth-order valence-corrected chi connectivity index (χ4v) is 3.03. The normalized spacial score (nSPS) is 13.1. The highest BCUT2D eigenvalue weighted by molar-refractivity contribution is 7.89. The highest BCUT2D eigenvalue weighted by Gasteiger charge is 2.26. The highest BCUT2D eigenvalue weighted by atomic mass is 35.5. The third-order valence-electron chi connectivity index (χ3n) is 1.37. The van der Waals surface area contributed by atoms with Crippen LogP contribution in [0.5, 0.6) is 0 Å². The number of hydrogen-bond donors (Lipinski definition) is 1. The first-order valence-electron chi connectivity index (χ1n) is 3.05. The second-order valence-electron chi connectivity index (χ2n) is 2.20. The second-order valence-corrected chi connectivity index (χ2v) is 5.09. The van der Waals surface area contributed by atoms with Gasteiger partial charge in [-0.3, -0.25) is 0 Å². The molecule has 14 heavy (non-hydrogen) atoms. The van der Waals surface area contributed by atoms with Crippen molar-refractivity contribution in [3.05, 3.63) is 25.1 Å². The van der Waals surface area contributed by atoms with Crippen molar-refractivity contribution in [2.75, 3.05) is 0 Å². The van der Waals surface area contributed by atoms with Crippen LogP contribution in [-0.2, 0) is 11.4 Å². The average molecular weight is 313 g/mol. The third kappa shape index (κ3) is 2.20. The molecular formula is C6H2Cl5NOS. The summed E-state index contributed by atoms with van der Waals surface area (Å²) < 4.78 is 11.1. The van der Waals surface area contributed by atoms with Gasteiger partial charge in [0.05, 0.1) is 26.4 Å². The maximum Gasteiger partial charge on any atom is 0.213 e. The molecule has 78 valence electrons. The lowest BCUT2D eigenvalue weighted by Crippen LogP contribution is -2.14. The van der Waals surface area contributed by atoms with Crippen molar-refractivity contribution in [1.82, 2.24) is 0 Å². The Morgan fingerprint density at radius 2 is 1.07 bits per heavy atom. The van der Waals surface area contributed by atoms with Gasteiger partial charge in [-0.05, 0) is 0 Å². The summed E-state index contributed by atoms with van der Waals surface area (Å²) in [7, 11) is 0. The van der Waals surface area contributed by atoms with Crippen LogP contribution >= 0.6 is 58.0 Å². The van der Waals surface area contributed by atoms with E-state index in [0.29, 0.717) is 0 Å². The lowest BCUT2D eigenvalue weighted by Gasteiger charge is -2.10. The molecule has 0 bridgehead atoms. The maximum atomic E-state index is 11.1. The van der Waals surface area contributed by atoms with E-state index in [-0.39, 0.29) is 30.0 Å². The van der Waals surface area contributed by atoms with E-state index in [0.717, 1.165) is 0 Å². The zero-order chi connectivity index (χ0) is 11.0. The Morgan fingerprint density at radius 3 is 1.36 bits per heavy atom. The first-order valence-corrected chi connectivity index (χ1v) is 6.15. The topological polar surface area (TPSA) is 49.1 Å². The summed E-state index contributed by atoms with van der Waals surface area (Å²) in [5.41, 5.74) is 0. The van der Waals surface area contributed by atoms with Crippen molar-refractivity contribution >= 4 is 69.4 Å². The summed E-state index contributed by atoms with van der Waals surface area (Å²) >= 11 is 26.7. The van der Waals surface area contributed by atoms with Gasteiger partial charge in [0, 0.05) is 0 Å². The van der Waals surface area contributed by atoms with Crippen molar-refractivity contribution in [3.8, 4) is 0 Å². The largest absolute Gasteiger partial charge is 0.593 e. The molecule has 1 rings (SSSR count). The molecule has 1 aromatic rings. The van der Waals surface area contributed by atoms with Crippen LogP contribution < -0.4 is 5.14 Å². The molecule has 0 aliphatic rings. The summed E-state index contributed by atoms with van der Waals surface area (Å²) in [6.45, 7) is 0. The fraction of sp³-hybridized carbons (Fsp3) is 0. The van der Waals surface area contributed by atoms with Gasteiger partial charge in [0.2, 0.25) is 4.90 Å². The Balaban J connectivity index is 3.60. The number of hydrogen-bond acceptors (Lipinski definition) is 2. The molecule has 0 saturated heterocycles. The van der Waals surface area contributed by atoms with E-state index < -0.39 is 11.4 Å². The van der Waals surface area contributed by atoms with Crippen molar-refractivity contribution < 1.29 is 4.55 Å². The zero-order valence-electron chi connectivity index (χ0n) is 6.28. The van der Waals surface area contributed by atoms with Crippen molar-refractivity contribution in [2.24, 2.45) is 5.14 Å². The second kappa shape index (κ2) is 4.85. The lowest BCUT2D eigenvalue weighted by molar-refractivity contribution is 0.597. The molecule has 0 spiro atoms. The Morgan fingerprint density at radius 1 is 0.786 bits per heavy atom. The van der Waals surface area contributed by atoms with Crippen molar-refractivity contribution in [2.45, 2.75) is 4.90 Å². The van der Waals surface area contributed by atoms with E-state index in [4.69, 9.17) is 63.1 Å². The molecule has 1 unspecified atom stereocenters. The van der Waals surface area contributed by atoms with Crippen LogP contribution in [0.25, 0.3) is 0 Å². The predicted octanol–water partition coefficient (Wildman–Crippen LogP) is 3.93. The van der Waals surface area contributed by atoms with E-state index in [9.17, 15) is 4.55 Å². The quantitative estimate of drug-likeness (QED) is 0.485. The Bertz CT molecular complexity index is 354. The smallest absolute Gasteiger partial charge is 0.213 e. The van der Waals surface area contributed by atoms with Crippen LogP contribution in [0, 0.1) is 0 Å². The van der Waals surface area contributed by atoms with Gasteiger partial charge in [-0.15, -0.1) is 5.14 Å². The standard InChI is InChI=1S/C6H2Cl5NOS/c7-1-2(8)4(10)6(14(12)13)5(11)3(1)9/h12H2. The van der Waals surface area contributed by atoms with Crippen molar-refractivity contribution in [1.29, 1.82) is 0 Å². The minimum Gasteiger partial charge on any atom is -0.593 e. The van der Waals surface area contributed by atoms with E-state index >= 15 is 0 Å². The number of benzene rings is 1. The summed E-state index contributed by atoms with van der Waals surface area (Å²) in [5, 5.41) is 5.03. The molecule has 0 aliphatic heterocycles. The first kappa shape index (κ1) is 13.0. The highest BCUT2D eigenvalue weighted by Crippen LogP contribution is 2.45. The van der Waals surface area contributed by atoms with Crippen LogP contribution in [0.4, 0.5) is 0 Å². The molecule has 2 nitrogen and oxygen atoms in total. The zero-order valence-corrected chi connectivity index (χ0v) is 10.9. The minimum absolute atomic E-state index is 0.0116. The SMILES string of the molecule is N[S+]([O-])c1c(Cl)c(Cl)c(Cl)c(Cl)c1Cl. The fourth-order valence-electron chi connectivity index (χ4n) is 0.761. The number of halogens is 5. The van der Waals surface area contributed by atoms with Gasteiger partial charge in [-0.25, -0.2) is 0 Å². The monoisotopic (exact) mass is 311 g/mol.